The number of halogens is 1. The van der Waals surface area contributed by atoms with Crippen LogP contribution in [-0.4, -0.2) is 32.2 Å². The first-order valence-corrected chi connectivity index (χ1v) is 8.50. The van der Waals surface area contributed by atoms with Crippen molar-refractivity contribution in [3.63, 3.8) is 0 Å². The van der Waals surface area contributed by atoms with Crippen molar-refractivity contribution in [3.05, 3.63) is 35.1 Å². The summed E-state index contributed by atoms with van der Waals surface area (Å²) in [4.78, 5) is 2.01. The first-order valence-electron chi connectivity index (χ1n) is 6.79. The summed E-state index contributed by atoms with van der Waals surface area (Å²) in [6, 6.07) is 6.27. The molecule has 0 radical (unpaired) electrons. The number of primary sulfonamides is 1. The van der Waals surface area contributed by atoms with E-state index in [0.717, 1.165) is 19.4 Å². The number of nitrogens with two attached hydrogens (primary N) is 1. The Morgan fingerprint density at radius 3 is 2.90 bits per heavy atom. The summed E-state index contributed by atoms with van der Waals surface area (Å²) < 4.78 is 36.1. The van der Waals surface area contributed by atoms with E-state index in [9.17, 15) is 12.8 Å². The predicted molar refractivity (Wildman–Crippen MR) is 77.1 cm³/mol. The van der Waals surface area contributed by atoms with Gasteiger partial charge in [0.1, 0.15) is 5.82 Å². The van der Waals surface area contributed by atoms with Crippen molar-refractivity contribution >= 4 is 10.0 Å². The quantitative estimate of drug-likeness (QED) is 0.905. The smallest absolute Gasteiger partial charge is 0.209 e. The maximum Gasteiger partial charge on any atom is 0.209 e. The lowest BCUT2D eigenvalue weighted by atomic mass is 9.99. The number of benzene rings is 1. The van der Waals surface area contributed by atoms with Crippen molar-refractivity contribution in [1.82, 2.24) is 4.90 Å². The Kier molecular flexibility index (Phi) is 4.93. The molecule has 1 saturated heterocycles. The summed E-state index contributed by atoms with van der Waals surface area (Å²) >= 11 is 0. The molecular formula is C14H18FN3O2S. The molecule has 0 aromatic heterocycles. The molecule has 0 bridgehead atoms. The minimum absolute atomic E-state index is 0.0176. The van der Waals surface area contributed by atoms with E-state index in [1.807, 2.05) is 11.0 Å². The average molecular weight is 311 g/mol. The number of nitrogens with zero attached hydrogens (tertiary/aromatic N) is 2. The standard InChI is InChI=1S/C14H18FN3O2S/c15-14-4-3-11(7-16)6-13(14)9-18-5-1-2-12(8-18)10-21(17,19)20/h3-4,6,12H,1-2,5,8-10H2,(H2,17,19,20)/t12-/m0/s1. The fourth-order valence-electron chi connectivity index (χ4n) is 2.77. The van der Waals surface area contributed by atoms with E-state index < -0.39 is 10.0 Å². The molecule has 7 heteroatoms. The van der Waals surface area contributed by atoms with Gasteiger partial charge >= 0.3 is 0 Å². The molecule has 2 N–H and O–H groups in total. The number of piperidine rings is 1. The van der Waals surface area contributed by atoms with Gasteiger partial charge in [-0.05, 0) is 43.5 Å². The van der Waals surface area contributed by atoms with Crippen LogP contribution in [-0.2, 0) is 16.6 Å². The minimum Gasteiger partial charge on any atom is -0.299 e. The van der Waals surface area contributed by atoms with E-state index in [4.69, 9.17) is 10.4 Å². The van der Waals surface area contributed by atoms with E-state index in [-0.39, 0.29) is 17.5 Å². The molecule has 1 aromatic rings. The highest BCUT2D eigenvalue weighted by atomic mass is 32.2. The van der Waals surface area contributed by atoms with Crippen molar-refractivity contribution < 1.29 is 12.8 Å². The number of rotatable bonds is 4. The summed E-state index contributed by atoms with van der Waals surface area (Å²) in [6.07, 6.45) is 1.67. The van der Waals surface area contributed by atoms with Crippen molar-refractivity contribution in [2.45, 2.75) is 19.4 Å². The van der Waals surface area contributed by atoms with Gasteiger partial charge in [-0.3, -0.25) is 4.90 Å². The van der Waals surface area contributed by atoms with Crippen molar-refractivity contribution in [2.75, 3.05) is 18.8 Å². The van der Waals surface area contributed by atoms with Crippen LogP contribution < -0.4 is 5.14 Å². The molecule has 0 amide bonds. The summed E-state index contributed by atoms with van der Waals surface area (Å²) in [5.41, 5.74) is 0.884. The molecular weight excluding hydrogens is 293 g/mol. The fraction of sp³-hybridized carbons (Fsp3) is 0.500. The molecule has 0 spiro atoms. The molecule has 1 aliphatic heterocycles. The van der Waals surface area contributed by atoms with Crippen LogP contribution in [0.25, 0.3) is 0 Å². The Hall–Kier alpha value is -1.49. The lowest BCUT2D eigenvalue weighted by Gasteiger charge is -2.32. The molecule has 0 saturated carbocycles. The first-order chi connectivity index (χ1) is 9.87. The molecule has 21 heavy (non-hydrogen) atoms. The van der Waals surface area contributed by atoms with E-state index in [1.54, 1.807) is 6.07 Å². The molecule has 1 atom stereocenters. The van der Waals surface area contributed by atoms with Crippen LogP contribution >= 0.6 is 0 Å². The predicted octanol–water partition coefficient (Wildman–Crippen LogP) is 1.20. The van der Waals surface area contributed by atoms with Gasteiger partial charge in [0.2, 0.25) is 10.0 Å². The molecule has 1 aliphatic rings. The zero-order chi connectivity index (χ0) is 15.5. The van der Waals surface area contributed by atoms with Crippen LogP contribution in [0, 0.1) is 23.1 Å². The van der Waals surface area contributed by atoms with Crippen LogP contribution in [0.15, 0.2) is 18.2 Å². The Labute approximate surface area is 124 Å². The topological polar surface area (TPSA) is 87.2 Å². The maximum absolute atomic E-state index is 13.8. The first kappa shape index (κ1) is 15.9. The minimum atomic E-state index is -3.48. The van der Waals surface area contributed by atoms with Gasteiger partial charge in [-0.25, -0.2) is 17.9 Å². The Morgan fingerprint density at radius 1 is 1.48 bits per heavy atom. The van der Waals surface area contributed by atoms with Gasteiger partial charge in [0.15, 0.2) is 0 Å². The van der Waals surface area contributed by atoms with Crippen LogP contribution in [0.4, 0.5) is 4.39 Å². The van der Waals surface area contributed by atoms with E-state index in [2.05, 4.69) is 0 Å². The molecule has 114 valence electrons. The van der Waals surface area contributed by atoms with E-state index >= 15 is 0 Å². The van der Waals surface area contributed by atoms with Gasteiger partial charge in [0.05, 0.1) is 17.4 Å². The number of sulfonamides is 1. The highest BCUT2D eigenvalue weighted by Crippen LogP contribution is 2.21. The fourth-order valence-corrected chi connectivity index (χ4v) is 3.69. The summed E-state index contributed by atoms with van der Waals surface area (Å²) in [5.74, 6) is -0.400. The normalized spacial score (nSPS) is 20.1. The summed E-state index contributed by atoms with van der Waals surface area (Å²) in [5, 5.41) is 13.9. The van der Waals surface area contributed by atoms with E-state index in [1.165, 1.54) is 12.1 Å². The third kappa shape index (κ3) is 4.77. The second-order valence-corrected chi connectivity index (χ2v) is 7.15. The second-order valence-electron chi connectivity index (χ2n) is 5.49. The van der Waals surface area contributed by atoms with Crippen LogP contribution in [0.2, 0.25) is 0 Å². The van der Waals surface area contributed by atoms with Gasteiger partial charge < -0.3 is 0 Å². The molecule has 0 aliphatic carbocycles. The number of hydrogen-bond donors (Lipinski definition) is 1. The lowest BCUT2D eigenvalue weighted by Crippen LogP contribution is -2.39. The van der Waals surface area contributed by atoms with Gasteiger partial charge in [0.25, 0.3) is 0 Å². The number of likely N-dealkylation sites (tertiary alicyclic amines) is 1. The molecule has 2 rings (SSSR count). The van der Waals surface area contributed by atoms with Crippen LogP contribution in [0.3, 0.4) is 0 Å². The van der Waals surface area contributed by atoms with Crippen LogP contribution in [0.1, 0.15) is 24.0 Å². The molecule has 5 nitrogen and oxygen atoms in total. The highest BCUT2D eigenvalue weighted by Gasteiger charge is 2.24. The maximum atomic E-state index is 13.8. The third-order valence-electron chi connectivity index (χ3n) is 3.64. The summed E-state index contributed by atoms with van der Waals surface area (Å²) in [7, 11) is -3.48. The van der Waals surface area contributed by atoms with Crippen molar-refractivity contribution in [1.29, 1.82) is 5.26 Å². The Morgan fingerprint density at radius 2 is 2.24 bits per heavy atom. The Balaban J connectivity index is 2.04. The third-order valence-corrected chi connectivity index (χ3v) is 4.58. The van der Waals surface area contributed by atoms with Gasteiger partial charge in [-0.15, -0.1) is 0 Å². The molecule has 1 aromatic carbocycles. The SMILES string of the molecule is N#Cc1ccc(F)c(CN2CCC[C@H](CS(N)(=O)=O)C2)c1. The highest BCUT2D eigenvalue weighted by molar-refractivity contribution is 7.89. The van der Waals surface area contributed by atoms with Gasteiger partial charge in [0, 0.05) is 18.7 Å². The average Bonchev–Trinajstić information content (AvgIpc) is 2.40. The molecule has 1 heterocycles. The lowest BCUT2D eigenvalue weighted by molar-refractivity contribution is 0.176. The van der Waals surface area contributed by atoms with Crippen LogP contribution in [0.5, 0.6) is 0 Å². The van der Waals surface area contributed by atoms with E-state index in [0.29, 0.717) is 24.2 Å². The van der Waals surface area contributed by atoms with Gasteiger partial charge in [-0.2, -0.15) is 5.26 Å². The summed E-state index contributed by atoms with van der Waals surface area (Å²) in [6.45, 7) is 1.74. The van der Waals surface area contributed by atoms with Crippen molar-refractivity contribution in [3.8, 4) is 6.07 Å². The monoisotopic (exact) mass is 311 g/mol. The Bertz CT molecular complexity index is 655. The zero-order valence-corrected chi connectivity index (χ0v) is 12.4. The zero-order valence-electron chi connectivity index (χ0n) is 11.6. The largest absolute Gasteiger partial charge is 0.299 e. The molecule has 1 fully saturated rings. The number of hydrogen-bond acceptors (Lipinski definition) is 4. The van der Waals surface area contributed by atoms with Gasteiger partial charge in [-0.1, -0.05) is 0 Å². The molecule has 0 unspecified atom stereocenters. The van der Waals surface area contributed by atoms with Crippen molar-refractivity contribution in [2.24, 2.45) is 11.1 Å². The number of nitriles is 1. The second kappa shape index (κ2) is 6.52.